The van der Waals surface area contributed by atoms with Crippen LogP contribution in [0.5, 0.6) is 0 Å². The Morgan fingerprint density at radius 1 is 0.407 bits per heavy atom. The van der Waals surface area contributed by atoms with Crippen molar-refractivity contribution in [1.82, 2.24) is 5.32 Å². The van der Waals surface area contributed by atoms with Crippen molar-refractivity contribution in [3.05, 3.63) is 109 Å². The summed E-state index contributed by atoms with van der Waals surface area (Å²) < 4.78 is 11.3. The molecule has 0 bridgehead atoms. The summed E-state index contributed by atoms with van der Waals surface area (Å²) in [6.45, 7) is 3.69. The summed E-state index contributed by atoms with van der Waals surface area (Å²) >= 11 is 0. The molecule has 1 amide bonds. The van der Waals surface area contributed by atoms with Gasteiger partial charge < -0.3 is 40.3 Å². The van der Waals surface area contributed by atoms with E-state index in [-0.39, 0.29) is 12.5 Å². The van der Waals surface area contributed by atoms with Crippen molar-refractivity contribution in [1.29, 1.82) is 0 Å². The van der Waals surface area contributed by atoms with Gasteiger partial charge in [0.1, 0.15) is 24.4 Å². The molecule has 9 heteroatoms. The van der Waals surface area contributed by atoms with Crippen LogP contribution in [-0.4, -0.2) is 87.5 Å². The molecule has 1 saturated heterocycles. The smallest absolute Gasteiger partial charge is 0.220 e. The fourth-order valence-electron chi connectivity index (χ4n) is 11.0. The van der Waals surface area contributed by atoms with Gasteiger partial charge in [0, 0.05) is 6.42 Å². The zero-order valence-electron chi connectivity index (χ0n) is 55.5. The highest BCUT2D eigenvalue weighted by Gasteiger charge is 2.44. The summed E-state index contributed by atoms with van der Waals surface area (Å²) in [5.74, 6) is -0.186. The van der Waals surface area contributed by atoms with Crippen LogP contribution in [0.4, 0.5) is 0 Å². The summed E-state index contributed by atoms with van der Waals surface area (Å²) in [5, 5.41) is 54.8. The fourth-order valence-corrected chi connectivity index (χ4v) is 11.0. The second kappa shape index (κ2) is 64.8. The van der Waals surface area contributed by atoms with Gasteiger partial charge in [0.25, 0.3) is 0 Å². The van der Waals surface area contributed by atoms with E-state index in [1.807, 2.05) is 6.08 Å². The molecular weight excluding hydrogens is 1070 g/mol. The summed E-state index contributed by atoms with van der Waals surface area (Å²) in [6, 6.07) is -0.819. The van der Waals surface area contributed by atoms with E-state index in [1.165, 1.54) is 193 Å². The van der Waals surface area contributed by atoms with Gasteiger partial charge in [-0.15, -0.1) is 0 Å². The lowest BCUT2D eigenvalue weighted by Crippen LogP contribution is -2.60. The first-order valence-electron chi connectivity index (χ1n) is 36.1. The highest BCUT2D eigenvalue weighted by Crippen LogP contribution is 2.23. The average Bonchev–Trinajstić information content (AvgIpc) is 2.60. The van der Waals surface area contributed by atoms with Gasteiger partial charge in [0.2, 0.25) is 5.91 Å². The van der Waals surface area contributed by atoms with E-state index in [0.29, 0.717) is 6.42 Å². The van der Waals surface area contributed by atoms with Crippen molar-refractivity contribution in [2.45, 2.75) is 358 Å². The Hall–Kier alpha value is -3.15. The van der Waals surface area contributed by atoms with Gasteiger partial charge in [0.05, 0.1) is 25.4 Å². The Labute approximate surface area is 529 Å². The molecule has 1 fully saturated rings. The topological polar surface area (TPSA) is 149 Å². The van der Waals surface area contributed by atoms with Gasteiger partial charge in [-0.2, -0.15) is 0 Å². The predicted octanol–water partition coefficient (Wildman–Crippen LogP) is 20.0. The lowest BCUT2D eigenvalue weighted by atomic mass is 9.99. The van der Waals surface area contributed by atoms with Crippen molar-refractivity contribution >= 4 is 5.91 Å². The molecule has 0 spiro atoms. The van der Waals surface area contributed by atoms with Crippen LogP contribution in [0.25, 0.3) is 0 Å². The molecule has 1 heterocycles. The highest BCUT2D eigenvalue weighted by molar-refractivity contribution is 5.76. The molecule has 0 aromatic heterocycles. The molecular formula is C77H135NO8. The Balaban J connectivity index is 2.16. The SMILES string of the molecule is CC/C=C\C/C=C\C/C=C\C/C=C\C/C=C\C/C=C\C/C=C\C/C=C\CCCCCCCCCCC(=O)NC(COC1OC(CO)C(O)C(O)C1O)C(O)/C=C/CCCCCCCCCCCCCCCCCCCCCCCCCCCCCC. The van der Waals surface area contributed by atoms with E-state index in [1.54, 1.807) is 6.08 Å². The largest absolute Gasteiger partial charge is 0.394 e. The highest BCUT2D eigenvalue weighted by atomic mass is 16.7. The van der Waals surface area contributed by atoms with Crippen LogP contribution in [0.15, 0.2) is 109 Å². The second-order valence-corrected chi connectivity index (χ2v) is 24.7. The number of carbonyl (C=O) groups excluding carboxylic acids is 1. The van der Waals surface area contributed by atoms with Gasteiger partial charge in [-0.25, -0.2) is 0 Å². The number of allylic oxidation sites excluding steroid dienone is 17. The van der Waals surface area contributed by atoms with E-state index in [9.17, 15) is 30.3 Å². The maximum Gasteiger partial charge on any atom is 0.220 e. The summed E-state index contributed by atoms with van der Waals surface area (Å²) in [4.78, 5) is 13.1. The summed E-state index contributed by atoms with van der Waals surface area (Å²) in [5.41, 5.74) is 0. The van der Waals surface area contributed by atoms with E-state index >= 15 is 0 Å². The maximum atomic E-state index is 13.1. The first-order valence-corrected chi connectivity index (χ1v) is 36.1. The Bertz CT molecular complexity index is 1730. The molecule has 7 atom stereocenters. The average molecular weight is 1200 g/mol. The third-order valence-corrected chi connectivity index (χ3v) is 16.6. The predicted molar refractivity (Wildman–Crippen MR) is 368 cm³/mol. The molecule has 1 rings (SSSR count). The Kier molecular flexibility index (Phi) is 61.0. The third-order valence-electron chi connectivity index (χ3n) is 16.6. The maximum absolute atomic E-state index is 13.1. The van der Waals surface area contributed by atoms with Crippen LogP contribution >= 0.6 is 0 Å². The van der Waals surface area contributed by atoms with Gasteiger partial charge in [-0.05, 0) is 83.5 Å². The molecule has 1 aliphatic heterocycles. The first-order chi connectivity index (χ1) is 42.3. The summed E-state index contributed by atoms with van der Waals surface area (Å²) in [6.07, 6.45) is 89.0. The van der Waals surface area contributed by atoms with Crippen LogP contribution in [0, 0.1) is 0 Å². The number of ether oxygens (including phenoxy) is 2. The third kappa shape index (κ3) is 52.8. The number of rotatable bonds is 62. The molecule has 0 aromatic carbocycles. The molecule has 496 valence electrons. The van der Waals surface area contributed by atoms with Crippen LogP contribution in [0.1, 0.15) is 316 Å². The molecule has 86 heavy (non-hydrogen) atoms. The van der Waals surface area contributed by atoms with Crippen LogP contribution in [0.2, 0.25) is 0 Å². The van der Waals surface area contributed by atoms with Gasteiger partial charge >= 0.3 is 0 Å². The minimum Gasteiger partial charge on any atom is -0.394 e. The van der Waals surface area contributed by atoms with E-state index in [0.717, 1.165) is 103 Å². The zero-order chi connectivity index (χ0) is 62.1. The number of hydrogen-bond donors (Lipinski definition) is 6. The fraction of sp³-hybridized carbons (Fsp3) is 0.753. The number of carbonyl (C=O) groups is 1. The molecule has 6 N–H and O–H groups in total. The second-order valence-electron chi connectivity index (χ2n) is 24.7. The lowest BCUT2D eigenvalue weighted by molar-refractivity contribution is -0.302. The molecule has 0 saturated carbocycles. The monoisotopic (exact) mass is 1200 g/mol. The molecule has 7 unspecified atom stereocenters. The quantitative estimate of drug-likeness (QED) is 0.0261. The van der Waals surface area contributed by atoms with Crippen LogP contribution in [0.3, 0.4) is 0 Å². The Morgan fingerprint density at radius 2 is 0.721 bits per heavy atom. The van der Waals surface area contributed by atoms with Gasteiger partial charge in [0.15, 0.2) is 6.29 Å². The number of amides is 1. The molecule has 0 aliphatic carbocycles. The van der Waals surface area contributed by atoms with Crippen molar-refractivity contribution in [2.75, 3.05) is 13.2 Å². The molecule has 0 radical (unpaired) electrons. The minimum absolute atomic E-state index is 0.186. The zero-order valence-corrected chi connectivity index (χ0v) is 55.5. The lowest BCUT2D eigenvalue weighted by Gasteiger charge is -2.40. The molecule has 9 nitrogen and oxygen atoms in total. The number of unbranched alkanes of at least 4 members (excludes halogenated alkanes) is 36. The van der Waals surface area contributed by atoms with E-state index in [2.05, 4.69) is 116 Å². The molecule has 0 aromatic rings. The van der Waals surface area contributed by atoms with E-state index < -0.39 is 49.5 Å². The number of nitrogens with one attached hydrogen (secondary N) is 1. The van der Waals surface area contributed by atoms with Crippen molar-refractivity contribution < 1.29 is 39.8 Å². The van der Waals surface area contributed by atoms with Gasteiger partial charge in [-0.1, -0.05) is 335 Å². The van der Waals surface area contributed by atoms with E-state index in [4.69, 9.17) is 9.47 Å². The minimum atomic E-state index is -1.58. The van der Waals surface area contributed by atoms with Crippen LogP contribution in [-0.2, 0) is 14.3 Å². The standard InChI is InChI=1S/C77H135NO8/c1-3-5-7-9-11-13-15-17-19-21-23-25-27-29-31-33-35-36-37-39-41-43-45-47-49-51-53-55-57-59-61-63-65-67-73(81)78-70(69-85-77-76(84)75(83)74(82)72(68-79)86-77)71(80)66-64-62-60-58-56-54-52-50-48-46-44-42-40-38-34-32-30-28-26-24-22-20-18-16-14-12-10-8-6-4-2/h5,7,11,13,17,19,23,25,29,31,35-36,39,41,45,47,64,66,70-72,74-77,79-80,82-84H,3-4,6,8-10,12,14-16,18,20-22,24,26-28,30,32-34,37-38,40,42-44,46,48-63,65,67-69H2,1-2H3,(H,78,81)/b7-5-,13-11-,19-17-,25-23-,31-29-,36-35-,41-39-,47-45-,66-64+. The number of aliphatic hydroxyl groups excluding tert-OH is 5. The first kappa shape index (κ1) is 80.9. The van der Waals surface area contributed by atoms with Crippen molar-refractivity contribution in [3.63, 3.8) is 0 Å². The number of aliphatic hydroxyl groups is 5. The number of hydrogen-bond acceptors (Lipinski definition) is 8. The van der Waals surface area contributed by atoms with Gasteiger partial charge in [-0.3, -0.25) is 4.79 Å². The Morgan fingerprint density at radius 3 is 1.07 bits per heavy atom. The van der Waals surface area contributed by atoms with Crippen molar-refractivity contribution in [3.8, 4) is 0 Å². The van der Waals surface area contributed by atoms with Crippen molar-refractivity contribution in [2.24, 2.45) is 0 Å². The van der Waals surface area contributed by atoms with Crippen LogP contribution < -0.4 is 5.32 Å². The normalized spacial score (nSPS) is 18.7. The summed E-state index contributed by atoms with van der Waals surface area (Å²) in [7, 11) is 0. The molecule has 1 aliphatic rings.